The van der Waals surface area contributed by atoms with Gasteiger partial charge in [0.05, 0.1) is 6.26 Å². The van der Waals surface area contributed by atoms with E-state index in [0.29, 0.717) is 6.54 Å². The lowest BCUT2D eigenvalue weighted by molar-refractivity contribution is 0.587. The average Bonchev–Trinajstić information content (AvgIpc) is 2.00. The van der Waals surface area contributed by atoms with Gasteiger partial charge in [-0.15, -0.1) is 0 Å². The summed E-state index contributed by atoms with van der Waals surface area (Å²) in [6.07, 6.45) is 1.15. The van der Waals surface area contributed by atoms with Crippen molar-refractivity contribution in [3.63, 3.8) is 0 Å². The Labute approximate surface area is 91.7 Å². The third kappa shape index (κ3) is 4.58. The number of nitrogens with one attached hydrogen (secondary N) is 1. The summed E-state index contributed by atoms with van der Waals surface area (Å²) in [5, 5.41) is 0. The van der Waals surface area contributed by atoms with E-state index in [1.54, 1.807) is 0 Å². The van der Waals surface area contributed by atoms with Crippen LogP contribution in [-0.4, -0.2) is 14.7 Å². The van der Waals surface area contributed by atoms with Gasteiger partial charge in [0.25, 0.3) is 0 Å². The molecule has 0 saturated carbocycles. The van der Waals surface area contributed by atoms with Crippen molar-refractivity contribution in [1.82, 2.24) is 4.72 Å². The number of rotatable bonds is 3. The normalized spacial score (nSPS) is 11.5. The maximum atomic E-state index is 10.8. The third-order valence-corrected chi connectivity index (χ3v) is 2.77. The largest absolute Gasteiger partial charge is 0.213 e. The van der Waals surface area contributed by atoms with Crippen molar-refractivity contribution in [1.29, 1.82) is 0 Å². The molecule has 0 aliphatic rings. The van der Waals surface area contributed by atoms with Gasteiger partial charge in [-0.25, -0.2) is 13.1 Å². The molecule has 72 valence electrons. The van der Waals surface area contributed by atoms with Crippen molar-refractivity contribution in [2.24, 2.45) is 0 Å². The van der Waals surface area contributed by atoms with Gasteiger partial charge in [-0.05, 0) is 40.3 Å². The van der Waals surface area contributed by atoms with E-state index in [4.69, 9.17) is 0 Å². The second-order valence-electron chi connectivity index (χ2n) is 2.72. The van der Waals surface area contributed by atoms with Crippen LogP contribution in [0.1, 0.15) is 5.56 Å². The SMILES string of the molecule is CS(=O)(=O)NCc1cccc(I)c1. The zero-order valence-corrected chi connectivity index (χ0v) is 10.1. The molecule has 0 bridgehead atoms. The first-order valence-electron chi connectivity index (χ1n) is 3.66. The van der Waals surface area contributed by atoms with Crippen molar-refractivity contribution in [3.05, 3.63) is 33.4 Å². The monoisotopic (exact) mass is 311 g/mol. The molecule has 0 saturated heterocycles. The van der Waals surface area contributed by atoms with Crippen molar-refractivity contribution in [2.45, 2.75) is 6.54 Å². The van der Waals surface area contributed by atoms with Crippen LogP contribution in [0.4, 0.5) is 0 Å². The molecule has 0 aliphatic carbocycles. The third-order valence-electron chi connectivity index (χ3n) is 1.43. The summed E-state index contributed by atoms with van der Waals surface area (Å²) in [5.41, 5.74) is 0.970. The van der Waals surface area contributed by atoms with E-state index in [1.165, 1.54) is 0 Å². The zero-order chi connectivity index (χ0) is 9.90. The Morgan fingerprint density at radius 2 is 2.15 bits per heavy atom. The molecule has 1 N–H and O–H groups in total. The summed E-state index contributed by atoms with van der Waals surface area (Å²) in [5.74, 6) is 0. The van der Waals surface area contributed by atoms with Crippen LogP contribution in [-0.2, 0) is 16.6 Å². The van der Waals surface area contributed by atoms with Gasteiger partial charge in [-0.1, -0.05) is 12.1 Å². The van der Waals surface area contributed by atoms with Crippen molar-refractivity contribution in [2.75, 3.05) is 6.26 Å². The summed E-state index contributed by atoms with van der Waals surface area (Å²) < 4.78 is 25.1. The van der Waals surface area contributed by atoms with Gasteiger partial charge in [-0.2, -0.15) is 0 Å². The van der Waals surface area contributed by atoms with Crippen LogP contribution in [0.2, 0.25) is 0 Å². The van der Waals surface area contributed by atoms with Crippen LogP contribution < -0.4 is 4.72 Å². The number of halogens is 1. The molecular weight excluding hydrogens is 301 g/mol. The predicted octanol–water partition coefficient (Wildman–Crippen LogP) is 1.34. The van der Waals surface area contributed by atoms with Gasteiger partial charge in [0.2, 0.25) is 10.0 Å². The Morgan fingerprint density at radius 3 is 2.69 bits per heavy atom. The molecule has 1 aromatic carbocycles. The quantitative estimate of drug-likeness (QED) is 0.856. The molecule has 1 aromatic rings. The minimum Gasteiger partial charge on any atom is -0.213 e. The average molecular weight is 311 g/mol. The van der Waals surface area contributed by atoms with Gasteiger partial charge < -0.3 is 0 Å². The van der Waals surface area contributed by atoms with Crippen LogP contribution in [0.5, 0.6) is 0 Å². The van der Waals surface area contributed by atoms with Gasteiger partial charge in [-0.3, -0.25) is 0 Å². The summed E-state index contributed by atoms with van der Waals surface area (Å²) in [6.45, 7) is 0.357. The van der Waals surface area contributed by atoms with Gasteiger partial charge >= 0.3 is 0 Å². The van der Waals surface area contributed by atoms with Crippen molar-refractivity contribution in [3.8, 4) is 0 Å². The van der Waals surface area contributed by atoms with E-state index in [9.17, 15) is 8.42 Å². The van der Waals surface area contributed by atoms with Gasteiger partial charge in [0.1, 0.15) is 0 Å². The fourth-order valence-electron chi connectivity index (χ4n) is 0.861. The standard InChI is InChI=1S/C8H10INO2S/c1-13(11,12)10-6-7-3-2-4-8(9)5-7/h2-5,10H,6H2,1H3. The molecule has 0 heterocycles. The highest BCUT2D eigenvalue weighted by atomic mass is 127. The first-order valence-corrected chi connectivity index (χ1v) is 6.63. The van der Waals surface area contributed by atoms with E-state index in [0.717, 1.165) is 15.4 Å². The zero-order valence-electron chi connectivity index (χ0n) is 7.12. The molecule has 0 amide bonds. The first-order chi connectivity index (χ1) is 5.97. The lowest BCUT2D eigenvalue weighted by atomic mass is 10.2. The van der Waals surface area contributed by atoms with E-state index in [2.05, 4.69) is 27.3 Å². The molecule has 0 radical (unpaired) electrons. The Kier molecular flexibility index (Phi) is 3.69. The highest BCUT2D eigenvalue weighted by Gasteiger charge is 2.00. The molecule has 1 rings (SSSR count). The fourth-order valence-corrected chi connectivity index (χ4v) is 1.90. The second-order valence-corrected chi connectivity index (χ2v) is 5.80. The summed E-state index contributed by atoms with van der Waals surface area (Å²) >= 11 is 2.19. The van der Waals surface area contributed by atoms with Crippen LogP contribution >= 0.6 is 22.6 Å². The topological polar surface area (TPSA) is 46.2 Å². The molecular formula is C8H10INO2S. The number of sulfonamides is 1. The van der Waals surface area contributed by atoms with Gasteiger partial charge in [0, 0.05) is 10.1 Å². The van der Waals surface area contributed by atoms with Crippen molar-refractivity contribution >= 4 is 32.6 Å². The maximum absolute atomic E-state index is 10.8. The molecule has 13 heavy (non-hydrogen) atoms. The lowest BCUT2D eigenvalue weighted by Crippen LogP contribution is -2.21. The van der Waals surface area contributed by atoms with Crippen LogP contribution in [0.25, 0.3) is 0 Å². The highest BCUT2D eigenvalue weighted by molar-refractivity contribution is 14.1. The second kappa shape index (κ2) is 4.39. The van der Waals surface area contributed by atoms with Gasteiger partial charge in [0.15, 0.2) is 0 Å². The summed E-state index contributed by atoms with van der Waals surface area (Å²) in [4.78, 5) is 0. The van der Waals surface area contributed by atoms with E-state index in [-0.39, 0.29) is 0 Å². The molecule has 0 atom stereocenters. The Bertz CT molecular complexity index is 389. The van der Waals surface area contributed by atoms with Crippen molar-refractivity contribution < 1.29 is 8.42 Å². The number of benzene rings is 1. The first kappa shape index (κ1) is 10.9. The summed E-state index contributed by atoms with van der Waals surface area (Å²) in [7, 11) is -3.09. The lowest BCUT2D eigenvalue weighted by Gasteiger charge is -2.02. The Balaban J connectivity index is 2.65. The minimum atomic E-state index is -3.09. The smallest absolute Gasteiger partial charge is 0.209 e. The predicted molar refractivity (Wildman–Crippen MR) is 60.8 cm³/mol. The van der Waals surface area contributed by atoms with E-state index >= 15 is 0 Å². The molecule has 5 heteroatoms. The molecule has 0 spiro atoms. The molecule has 0 fully saturated rings. The Hall–Kier alpha value is -0.140. The fraction of sp³-hybridized carbons (Fsp3) is 0.250. The molecule has 3 nitrogen and oxygen atoms in total. The van der Waals surface area contributed by atoms with Crippen LogP contribution in [0.3, 0.4) is 0 Å². The molecule has 0 aromatic heterocycles. The van der Waals surface area contributed by atoms with E-state index < -0.39 is 10.0 Å². The van der Waals surface area contributed by atoms with E-state index in [1.807, 2.05) is 24.3 Å². The Morgan fingerprint density at radius 1 is 1.46 bits per heavy atom. The number of hydrogen-bond donors (Lipinski definition) is 1. The molecule has 0 aliphatic heterocycles. The van der Waals surface area contributed by atoms with Crippen LogP contribution in [0.15, 0.2) is 24.3 Å². The maximum Gasteiger partial charge on any atom is 0.209 e. The highest BCUT2D eigenvalue weighted by Crippen LogP contribution is 2.07. The number of hydrogen-bond acceptors (Lipinski definition) is 2. The summed E-state index contributed by atoms with van der Waals surface area (Å²) in [6, 6.07) is 7.70. The van der Waals surface area contributed by atoms with Crippen LogP contribution in [0, 0.1) is 3.57 Å². The molecule has 0 unspecified atom stereocenters. The minimum absolute atomic E-state index is 0.357.